The molecule has 1 aromatic carbocycles. The number of phenols is 1. The molecule has 0 atom stereocenters. The molecule has 9 nitrogen and oxygen atoms in total. The lowest BCUT2D eigenvalue weighted by Gasteiger charge is -2.11. The van der Waals surface area contributed by atoms with Crippen LogP contribution in [0.25, 0.3) is 16.7 Å². The van der Waals surface area contributed by atoms with Crippen molar-refractivity contribution in [1.29, 1.82) is 0 Å². The third kappa shape index (κ3) is 3.31. The minimum absolute atomic E-state index is 0.0135. The first-order chi connectivity index (χ1) is 13.8. The predicted octanol–water partition coefficient (Wildman–Crippen LogP) is 2.15. The Morgan fingerprint density at radius 2 is 2.07 bits per heavy atom. The average Bonchev–Trinajstić information content (AvgIpc) is 3.15. The molecular weight excluding hydrogens is 376 g/mol. The predicted molar refractivity (Wildman–Crippen MR) is 103 cm³/mol. The Morgan fingerprint density at radius 3 is 2.86 bits per heavy atom. The second-order valence-electron chi connectivity index (χ2n) is 6.75. The van der Waals surface area contributed by atoms with Crippen LogP contribution in [0.15, 0.2) is 33.7 Å². The summed E-state index contributed by atoms with van der Waals surface area (Å²) in [4.78, 5) is 32.7. The number of carbonyl (C=O) groups is 1. The molecule has 3 heterocycles. The van der Waals surface area contributed by atoms with Gasteiger partial charge in [-0.2, -0.15) is 10.1 Å². The fraction of sp³-hybridized carbons (Fsp3) is 0.250. The number of fused-ring (bicyclic) bond motifs is 2. The van der Waals surface area contributed by atoms with Crippen LogP contribution >= 0.6 is 0 Å². The minimum Gasteiger partial charge on any atom is -0.508 e. The Labute approximate surface area is 164 Å². The van der Waals surface area contributed by atoms with Crippen molar-refractivity contribution in [3.8, 4) is 5.75 Å². The molecule has 4 aromatic rings. The Bertz CT molecular complexity index is 1320. The summed E-state index contributed by atoms with van der Waals surface area (Å²) in [7, 11) is 0. The summed E-state index contributed by atoms with van der Waals surface area (Å²) in [5.41, 5.74) is 2.81. The van der Waals surface area contributed by atoms with E-state index in [4.69, 9.17) is 9.15 Å². The van der Waals surface area contributed by atoms with E-state index in [0.29, 0.717) is 33.5 Å². The molecule has 0 saturated carbocycles. The highest BCUT2D eigenvalue weighted by molar-refractivity contribution is 5.85. The number of benzene rings is 1. The number of esters is 1. The van der Waals surface area contributed by atoms with Crippen molar-refractivity contribution in [2.75, 3.05) is 0 Å². The van der Waals surface area contributed by atoms with E-state index in [1.165, 1.54) is 18.5 Å². The maximum atomic E-state index is 12.5. The number of aromatic nitrogens is 4. The zero-order chi connectivity index (χ0) is 20.7. The molecule has 0 amide bonds. The van der Waals surface area contributed by atoms with Crippen molar-refractivity contribution in [3.63, 3.8) is 0 Å². The molecule has 9 heteroatoms. The van der Waals surface area contributed by atoms with E-state index in [-0.39, 0.29) is 24.4 Å². The van der Waals surface area contributed by atoms with Gasteiger partial charge in [-0.1, -0.05) is 0 Å². The number of hydrogen-bond acceptors (Lipinski definition) is 8. The quantitative estimate of drug-likeness (QED) is 0.413. The first-order valence-electron chi connectivity index (χ1n) is 8.92. The van der Waals surface area contributed by atoms with Gasteiger partial charge in [0.25, 0.3) is 5.78 Å². The minimum atomic E-state index is -0.579. The monoisotopic (exact) mass is 394 g/mol. The third-order valence-electron chi connectivity index (χ3n) is 4.92. The highest BCUT2D eigenvalue weighted by atomic mass is 16.5. The molecule has 1 N–H and O–H groups in total. The molecule has 0 saturated heterocycles. The molecule has 0 unspecified atom stereocenters. The highest BCUT2D eigenvalue weighted by Crippen LogP contribution is 2.27. The molecule has 3 aromatic heterocycles. The molecule has 0 spiro atoms. The maximum absolute atomic E-state index is 12.5. The number of carbonyl (C=O) groups excluding carboxylic acids is 1. The van der Waals surface area contributed by atoms with Gasteiger partial charge in [0.05, 0.1) is 6.42 Å². The Balaban J connectivity index is 1.58. The summed E-state index contributed by atoms with van der Waals surface area (Å²) < 4.78 is 12.2. The molecule has 4 rings (SSSR count). The van der Waals surface area contributed by atoms with Gasteiger partial charge in [-0.3, -0.25) is 4.79 Å². The summed E-state index contributed by atoms with van der Waals surface area (Å²) in [5, 5.41) is 14.5. The Morgan fingerprint density at radius 1 is 1.28 bits per heavy atom. The Hall–Kier alpha value is -3.75. The lowest BCUT2D eigenvalue weighted by Crippen LogP contribution is -2.14. The van der Waals surface area contributed by atoms with Gasteiger partial charge in [0.1, 0.15) is 24.3 Å². The standard InChI is InChI=1S/C20H18N4O5/c1-10-16(25)5-4-14-13(6-18(27)29-19(10)14)8-28-17(26)7-15-11(2)23-20-21-9-22-24(20)12(15)3/h4-6,9,25H,7-8H2,1-3H3. The number of rotatable bonds is 4. The van der Waals surface area contributed by atoms with E-state index in [2.05, 4.69) is 15.1 Å². The zero-order valence-corrected chi connectivity index (χ0v) is 16.1. The fourth-order valence-electron chi connectivity index (χ4n) is 3.30. The van der Waals surface area contributed by atoms with E-state index in [9.17, 15) is 14.7 Å². The lowest BCUT2D eigenvalue weighted by molar-refractivity contribution is -0.144. The van der Waals surface area contributed by atoms with Gasteiger partial charge in [-0.25, -0.2) is 14.3 Å². The maximum Gasteiger partial charge on any atom is 0.336 e. The normalized spacial score (nSPS) is 11.3. The lowest BCUT2D eigenvalue weighted by atomic mass is 10.1. The van der Waals surface area contributed by atoms with Gasteiger partial charge in [0.2, 0.25) is 0 Å². The zero-order valence-electron chi connectivity index (χ0n) is 16.1. The molecule has 0 fully saturated rings. The molecule has 0 bridgehead atoms. The van der Waals surface area contributed by atoms with Crippen LogP contribution in [-0.4, -0.2) is 30.7 Å². The van der Waals surface area contributed by atoms with Gasteiger partial charge in [-0.05, 0) is 32.9 Å². The van der Waals surface area contributed by atoms with Crippen LogP contribution in [0.5, 0.6) is 5.75 Å². The number of ether oxygens (including phenoxy) is 1. The number of aryl methyl sites for hydroxylation is 3. The van der Waals surface area contributed by atoms with Crippen molar-refractivity contribution in [3.05, 3.63) is 63.0 Å². The van der Waals surface area contributed by atoms with E-state index >= 15 is 0 Å². The molecule has 0 aliphatic heterocycles. The number of hydrogen-bond donors (Lipinski definition) is 1. The smallest absolute Gasteiger partial charge is 0.336 e. The average molecular weight is 394 g/mol. The molecule has 29 heavy (non-hydrogen) atoms. The van der Waals surface area contributed by atoms with Gasteiger partial charge in [0.15, 0.2) is 0 Å². The van der Waals surface area contributed by atoms with Crippen molar-refractivity contribution < 1.29 is 19.1 Å². The molecule has 148 valence electrons. The van der Waals surface area contributed by atoms with Crippen LogP contribution in [0.3, 0.4) is 0 Å². The van der Waals surface area contributed by atoms with Crippen LogP contribution < -0.4 is 5.63 Å². The van der Waals surface area contributed by atoms with Crippen LogP contribution in [-0.2, 0) is 22.6 Å². The molecule has 0 aliphatic rings. The summed E-state index contributed by atoms with van der Waals surface area (Å²) in [6.07, 6.45) is 1.42. The van der Waals surface area contributed by atoms with Crippen LogP contribution in [0.1, 0.15) is 28.1 Å². The van der Waals surface area contributed by atoms with Gasteiger partial charge >= 0.3 is 11.6 Å². The first-order valence-corrected chi connectivity index (χ1v) is 8.92. The van der Waals surface area contributed by atoms with Gasteiger partial charge < -0.3 is 14.3 Å². The van der Waals surface area contributed by atoms with Crippen molar-refractivity contribution >= 4 is 22.7 Å². The van der Waals surface area contributed by atoms with Crippen molar-refractivity contribution in [2.24, 2.45) is 0 Å². The highest BCUT2D eigenvalue weighted by Gasteiger charge is 2.17. The molecule has 0 radical (unpaired) electrons. The van der Waals surface area contributed by atoms with Crippen LogP contribution in [0, 0.1) is 20.8 Å². The van der Waals surface area contributed by atoms with Crippen molar-refractivity contribution in [2.45, 2.75) is 33.8 Å². The van der Waals surface area contributed by atoms with E-state index < -0.39 is 11.6 Å². The topological polar surface area (TPSA) is 120 Å². The molecular formula is C20H18N4O5. The largest absolute Gasteiger partial charge is 0.508 e. The van der Waals surface area contributed by atoms with E-state index in [1.807, 2.05) is 6.92 Å². The second-order valence-corrected chi connectivity index (χ2v) is 6.75. The van der Waals surface area contributed by atoms with Crippen LogP contribution in [0.2, 0.25) is 0 Å². The number of aromatic hydroxyl groups is 1. The van der Waals surface area contributed by atoms with Gasteiger partial charge in [-0.15, -0.1) is 0 Å². The summed E-state index contributed by atoms with van der Waals surface area (Å²) in [6, 6.07) is 4.42. The summed E-state index contributed by atoms with van der Waals surface area (Å²) in [5.74, 6) is 0.0318. The van der Waals surface area contributed by atoms with Gasteiger partial charge in [0, 0.05) is 39.5 Å². The Kier molecular flexibility index (Phi) is 4.50. The van der Waals surface area contributed by atoms with E-state index in [1.54, 1.807) is 24.4 Å². The van der Waals surface area contributed by atoms with Crippen molar-refractivity contribution in [1.82, 2.24) is 19.6 Å². The second kappa shape index (κ2) is 7.01. The van der Waals surface area contributed by atoms with Crippen LogP contribution in [0.4, 0.5) is 0 Å². The first kappa shape index (κ1) is 18.6. The number of nitrogens with zero attached hydrogens (tertiary/aromatic N) is 4. The third-order valence-corrected chi connectivity index (χ3v) is 4.92. The number of phenolic OH excluding ortho intramolecular Hbond substituents is 1. The summed E-state index contributed by atoms with van der Waals surface area (Å²) >= 11 is 0. The molecule has 0 aliphatic carbocycles. The fourth-order valence-corrected chi connectivity index (χ4v) is 3.30. The van der Waals surface area contributed by atoms with E-state index in [0.717, 1.165) is 5.69 Å². The SMILES string of the molecule is Cc1nc2ncnn2c(C)c1CC(=O)OCc1cc(=O)oc2c(C)c(O)ccc12. The summed E-state index contributed by atoms with van der Waals surface area (Å²) in [6.45, 7) is 5.19.